The molecule has 0 aromatic heterocycles. The first-order valence-corrected chi connectivity index (χ1v) is 10.7. The van der Waals surface area contributed by atoms with Crippen LogP contribution < -0.4 is 10.3 Å². The van der Waals surface area contributed by atoms with E-state index in [1.54, 1.807) is 6.21 Å². The van der Waals surface area contributed by atoms with E-state index in [2.05, 4.69) is 68.3 Å². The fourth-order valence-corrected chi connectivity index (χ4v) is 4.52. The molecule has 1 aliphatic heterocycles. The first-order chi connectivity index (χ1) is 14.8. The molecular formula is C27H29N3O. The van der Waals surface area contributed by atoms with Gasteiger partial charge < -0.3 is 4.90 Å². The third kappa shape index (κ3) is 3.98. The van der Waals surface area contributed by atoms with Crippen LogP contribution in [0.3, 0.4) is 0 Å². The van der Waals surface area contributed by atoms with Crippen molar-refractivity contribution in [2.45, 2.75) is 40.2 Å². The SMILES string of the molecule is CCN1c2cc(C)c(/C=N/NC(=O)c3ccc4ccccc4c3)cc2C(C)=CC1(C)C. The van der Waals surface area contributed by atoms with Crippen LogP contribution >= 0.6 is 0 Å². The highest BCUT2D eigenvalue weighted by molar-refractivity contribution is 5.99. The molecule has 0 saturated carbocycles. The third-order valence-corrected chi connectivity index (χ3v) is 6.06. The number of aryl methyl sites for hydroxylation is 1. The summed E-state index contributed by atoms with van der Waals surface area (Å²) < 4.78 is 0. The van der Waals surface area contributed by atoms with E-state index in [1.807, 2.05) is 42.5 Å². The standard InChI is InChI=1S/C27H29N3O/c1-6-30-25-13-18(2)23(15-24(25)19(3)16-27(30,4)5)17-28-29-26(31)22-12-11-20-9-7-8-10-21(20)14-22/h7-17H,6H2,1-5H3,(H,29,31)/b28-17+. The molecule has 31 heavy (non-hydrogen) atoms. The van der Waals surface area contributed by atoms with Crippen molar-refractivity contribution in [1.29, 1.82) is 0 Å². The average molecular weight is 412 g/mol. The number of nitrogens with one attached hydrogen (secondary N) is 1. The Balaban J connectivity index is 1.57. The number of hydrogen-bond donors (Lipinski definition) is 1. The Hall–Kier alpha value is -3.40. The van der Waals surface area contributed by atoms with E-state index in [1.165, 1.54) is 16.8 Å². The van der Waals surface area contributed by atoms with E-state index >= 15 is 0 Å². The summed E-state index contributed by atoms with van der Waals surface area (Å²) in [5.41, 5.74) is 9.12. The molecule has 1 aliphatic rings. The van der Waals surface area contributed by atoms with Gasteiger partial charge in [0.2, 0.25) is 0 Å². The highest BCUT2D eigenvalue weighted by Crippen LogP contribution is 2.39. The van der Waals surface area contributed by atoms with Crippen molar-refractivity contribution >= 4 is 34.2 Å². The van der Waals surface area contributed by atoms with Crippen LogP contribution in [0.1, 0.15) is 54.7 Å². The lowest BCUT2D eigenvalue weighted by Crippen LogP contribution is -2.45. The van der Waals surface area contributed by atoms with E-state index < -0.39 is 0 Å². The predicted octanol–water partition coefficient (Wildman–Crippen LogP) is 5.93. The zero-order chi connectivity index (χ0) is 22.2. The highest BCUT2D eigenvalue weighted by Gasteiger charge is 2.30. The largest absolute Gasteiger partial charge is 0.363 e. The molecule has 158 valence electrons. The van der Waals surface area contributed by atoms with Crippen LogP contribution in [0.25, 0.3) is 16.3 Å². The maximum atomic E-state index is 12.6. The van der Waals surface area contributed by atoms with Gasteiger partial charge in [0.05, 0.1) is 11.8 Å². The summed E-state index contributed by atoms with van der Waals surface area (Å²) in [5, 5.41) is 6.39. The van der Waals surface area contributed by atoms with Gasteiger partial charge in [-0.25, -0.2) is 5.43 Å². The molecule has 0 saturated heterocycles. The summed E-state index contributed by atoms with van der Waals surface area (Å²) in [6, 6.07) is 18.1. The van der Waals surface area contributed by atoms with Gasteiger partial charge in [-0.1, -0.05) is 36.4 Å². The molecule has 1 amide bonds. The minimum atomic E-state index is -0.215. The number of carbonyl (C=O) groups excluding carboxylic acids is 1. The second-order valence-electron chi connectivity index (χ2n) is 8.71. The van der Waals surface area contributed by atoms with Gasteiger partial charge in [-0.05, 0) is 86.4 Å². The second kappa shape index (κ2) is 8.03. The van der Waals surface area contributed by atoms with Crippen LogP contribution in [0, 0.1) is 6.92 Å². The molecule has 3 aromatic rings. The van der Waals surface area contributed by atoms with Crippen LogP contribution in [0.5, 0.6) is 0 Å². The van der Waals surface area contributed by atoms with Crippen LogP contribution in [0.4, 0.5) is 5.69 Å². The molecule has 0 radical (unpaired) electrons. The van der Waals surface area contributed by atoms with Crippen LogP contribution in [0.2, 0.25) is 0 Å². The van der Waals surface area contributed by atoms with E-state index in [-0.39, 0.29) is 11.4 Å². The van der Waals surface area contributed by atoms with Crippen molar-refractivity contribution in [1.82, 2.24) is 5.43 Å². The zero-order valence-electron chi connectivity index (χ0n) is 18.9. The summed E-state index contributed by atoms with van der Waals surface area (Å²) >= 11 is 0. The molecule has 1 N–H and O–H groups in total. The lowest BCUT2D eigenvalue weighted by atomic mass is 9.87. The van der Waals surface area contributed by atoms with Crippen LogP contribution in [-0.4, -0.2) is 24.2 Å². The van der Waals surface area contributed by atoms with Gasteiger partial charge in [0.1, 0.15) is 0 Å². The van der Waals surface area contributed by atoms with Gasteiger partial charge in [0.25, 0.3) is 5.91 Å². The Bertz CT molecular complexity index is 1220. The monoisotopic (exact) mass is 411 g/mol. The highest BCUT2D eigenvalue weighted by atomic mass is 16.2. The van der Waals surface area contributed by atoms with Gasteiger partial charge in [-0.3, -0.25) is 4.79 Å². The summed E-state index contributed by atoms with van der Waals surface area (Å²) in [7, 11) is 0. The smallest absolute Gasteiger partial charge is 0.271 e. The molecular weight excluding hydrogens is 382 g/mol. The third-order valence-electron chi connectivity index (χ3n) is 6.06. The minimum Gasteiger partial charge on any atom is -0.363 e. The molecule has 3 aromatic carbocycles. The quantitative estimate of drug-likeness (QED) is 0.427. The molecule has 0 fully saturated rings. The number of fused-ring (bicyclic) bond motifs is 2. The molecule has 0 atom stereocenters. The minimum absolute atomic E-state index is 0.0122. The molecule has 4 rings (SSSR count). The van der Waals surface area contributed by atoms with Crippen molar-refractivity contribution in [2.24, 2.45) is 5.10 Å². The zero-order valence-corrected chi connectivity index (χ0v) is 18.9. The first-order valence-electron chi connectivity index (χ1n) is 10.7. The Morgan fingerprint density at radius 2 is 1.81 bits per heavy atom. The summed E-state index contributed by atoms with van der Waals surface area (Å²) in [4.78, 5) is 15.0. The van der Waals surface area contributed by atoms with Crippen LogP contribution in [0.15, 0.2) is 65.8 Å². The number of hydrazone groups is 1. The molecule has 4 heteroatoms. The van der Waals surface area contributed by atoms with Crippen molar-refractivity contribution < 1.29 is 4.79 Å². The number of hydrogen-bond acceptors (Lipinski definition) is 3. The van der Waals surface area contributed by atoms with Gasteiger partial charge in [0.15, 0.2) is 0 Å². The van der Waals surface area contributed by atoms with Crippen molar-refractivity contribution in [3.8, 4) is 0 Å². The molecule has 0 spiro atoms. The van der Waals surface area contributed by atoms with Gasteiger partial charge in [0, 0.05) is 23.4 Å². The lowest BCUT2D eigenvalue weighted by Gasteiger charge is -2.43. The number of benzene rings is 3. The normalized spacial score (nSPS) is 15.1. The maximum absolute atomic E-state index is 12.6. The van der Waals surface area contributed by atoms with E-state index in [0.717, 1.165) is 28.4 Å². The maximum Gasteiger partial charge on any atom is 0.271 e. The molecule has 0 aliphatic carbocycles. The lowest BCUT2D eigenvalue weighted by molar-refractivity contribution is 0.0955. The van der Waals surface area contributed by atoms with Crippen LogP contribution in [-0.2, 0) is 0 Å². The number of rotatable bonds is 4. The summed E-state index contributed by atoms with van der Waals surface area (Å²) in [6.07, 6.45) is 4.05. The molecule has 0 unspecified atom stereocenters. The number of likely N-dealkylation sites (N-methyl/N-ethyl adjacent to an activating group) is 1. The fraction of sp³-hybridized carbons (Fsp3) is 0.259. The van der Waals surface area contributed by atoms with E-state index in [9.17, 15) is 4.79 Å². The average Bonchev–Trinajstić information content (AvgIpc) is 2.73. The molecule has 4 nitrogen and oxygen atoms in total. The van der Waals surface area contributed by atoms with Crippen molar-refractivity contribution in [3.05, 3.63) is 82.9 Å². The predicted molar refractivity (Wildman–Crippen MR) is 131 cm³/mol. The fourth-order valence-electron chi connectivity index (χ4n) is 4.52. The second-order valence-corrected chi connectivity index (χ2v) is 8.71. The molecule has 1 heterocycles. The number of nitrogens with zero attached hydrogens (tertiary/aromatic N) is 2. The topological polar surface area (TPSA) is 44.7 Å². The summed E-state index contributed by atoms with van der Waals surface area (Å²) in [5.74, 6) is -0.215. The van der Waals surface area contributed by atoms with Gasteiger partial charge >= 0.3 is 0 Å². The van der Waals surface area contributed by atoms with Gasteiger partial charge in [-0.2, -0.15) is 5.10 Å². The van der Waals surface area contributed by atoms with Crippen molar-refractivity contribution in [2.75, 3.05) is 11.4 Å². The van der Waals surface area contributed by atoms with Gasteiger partial charge in [-0.15, -0.1) is 0 Å². The molecule has 0 bridgehead atoms. The van der Waals surface area contributed by atoms with E-state index in [0.29, 0.717) is 5.56 Å². The number of carbonyl (C=O) groups is 1. The Morgan fingerprint density at radius 1 is 1.06 bits per heavy atom. The summed E-state index contributed by atoms with van der Waals surface area (Å²) in [6.45, 7) is 11.9. The first kappa shape index (κ1) is 20.9. The van der Waals surface area contributed by atoms with Crippen molar-refractivity contribution in [3.63, 3.8) is 0 Å². The Labute approximate surface area is 184 Å². The van der Waals surface area contributed by atoms with E-state index in [4.69, 9.17) is 0 Å². The number of allylic oxidation sites excluding steroid dienone is 1. The Kier molecular flexibility index (Phi) is 5.40. The number of anilines is 1. The number of amides is 1. The Morgan fingerprint density at radius 3 is 2.55 bits per heavy atom.